The number of ether oxygens (including phenoxy) is 1. The number of carbonyl (C=O) groups is 1. The number of carbonyl (C=O) groups excluding carboxylic acids is 1. The fourth-order valence-corrected chi connectivity index (χ4v) is 3.77. The lowest BCUT2D eigenvalue weighted by atomic mass is 10.1. The minimum Gasteiger partial charge on any atom is -0.497 e. The molecule has 32 heavy (non-hydrogen) atoms. The SMILES string of the molecule is COc1ccc2nc(C)cc(C(=O)N=Nc3c(O)n(CCC(C)C)c4ccccc34)c2c1. The van der Waals surface area contributed by atoms with Crippen molar-refractivity contribution in [3.05, 3.63) is 59.8 Å². The Morgan fingerprint density at radius 3 is 2.69 bits per heavy atom. The van der Waals surface area contributed by atoms with Crippen LogP contribution in [0.3, 0.4) is 0 Å². The van der Waals surface area contributed by atoms with E-state index in [1.54, 1.807) is 25.3 Å². The molecule has 1 amide bonds. The molecular weight excluding hydrogens is 404 g/mol. The van der Waals surface area contributed by atoms with E-state index in [-0.39, 0.29) is 5.88 Å². The van der Waals surface area contributed by atoms with Gasteiger partial charge in [0.15, 0.2) is 5.69 Å². The van der Waals surface area contributed by atoms with Crippen LogP contribution in [-0.2, 0) is 6.54 Å². The highest BCUT2D eigenvalue weighted by atomic mass is 16.5. The maximum Gasteiger partial charge on any atom is 0.296 e. The highest BCUT2D eigenvalue weighted by Gasteiger charge is 2.18. The number of nitrogens with zero attached hydrogens (tertiary/aromatic N) is 4. The number of rotatable bonds is 6. The monoisotopic (exact) mass is 430 g/mol. The van der Waals surface area contributed by atoms with E-state index in [1.165, 1.54) is 0 Å². The molecule has 0 aliphatic heterocycles. The van der Waals surface area contributed by atoms with Crippen molar-refractivity contribution in [2.24, 2.45) is 16.1 Å². The van der Waals surface area contributed by atoms with Crippen molar-refractivity contribution in [2.45, 2.75) is 33.7 Å². The van der Waals surface area contributed by atoms with Crippen LogP contribution in [0.25, 0.3) is 21.8 Å². The van der Waals surface area contributed by atoms with Crippen molar-refractivity contribution in [3.8, 4) is 11.6 Å². The van der Waals surface area contributed by atoms with Gasteiger partial charge in [0.2, 0.25) is 5.88 Å². The number of fused-ring (bicyclic) bond motifs is 2. The molecule has 0 saturated heterocycles. The van der Waals surface area contributed by atoms with Gasteiger partial charge in [-0.25, -0.2) is 0 Å². The molecule has 0 fully saturated rings. The van der Waals surface area contributed by atoms with E-state index in [2.05, 4.69) is 29.1 Å². The molecule has 2 aromatic heterocycles. The second-order valence-corrected chi connectivity index (χ2v) is 8.22. The predicted molar refractivity (Wildman–Crippen MR) is 125 cm³/mol. The summed E-state index contributed by atoms with van der Waals surface area (Å²) < 4.78 is 7.12. The first kappa shape index (κ1) is 21.5. The van der Waals surface area contributed by atoms with Gasteiger partial charge in [-0.15, -0.1) is 10.2 Å². The second kappa shape index (κ2) is 8.78. The van der Waals surface area contributed by atoms with Crippen LogP contribution < -0.4 is 4.74 Å². The normalized spacial score (nSPS) is 11.8. The Hall–Kier alpha value is -3.74. The number of aromatic hydroxyl groups is 1. The molecule has 4 rings (SSSR count). The zero-order valence-corrected chi connectivity index (χ0v) is 18.7. The second-order valence-electron chi connectivity index (χ2n) is 8.22. The molecule has 0 atom stereocenters. The average molecular weight is 431 g/mol. The van der Waals surface area contributed by atoms with Crippen molar-refractivity contribution in [1.29, 1.82) is 0 Å². The van der Waals surface area contributed by atoms with Crippen LogP contribution in [-0.4, -0.2) is 27.7 Å². The largest absolute Gasteiger partial charge is 0.497 e. The Morgan fingerprint density at radius 2 is 1.94 bits per heavy atom. The zero-order valence-electron chi connectivity index (χ0n) is 18.7. The molecule has 4 aromatic rings. The third-order valence-corrected chi connectivity index (χ3v) is 5.46. The number of benzene rings is 2. The average Bonchev–Trinajstić information content (AvgIpc) is 3.05. The highest BCUT2D eigenvalue weighted by Crippen LogP contribution is 2.39. The van der Waals surface area contributed by atoms with Crippen LogP contribution in [0.5, 0.6) is 11.6 Å². The van der Waals surface area contributed by atoms with Crippen molar-refractivity contribution in [1.82, 2.24) is 9.55 Å². The Labute approximate surface area is 186 Å². The summed E-state index contributed by atoms with van der Waals surface area (Å²) in [6.07, 6.45) is 0.909. The molecule has 0 saturated carbocycles. The first-order chi connectivity index (χ1) is 15.4. The molecular formula is C25H26N4O3. The van der Waals surface area contributed by atoms with Gasteiger partial charge in [0.05, 0.1) is 23.7 Å². The molecule has 0 radical (unpaired) electrons. The summed E-state index contributed by atoms with van der Waals surface area (Å²) in [5.41, 5.74) is 2.93. The summed E-state index contributed by atoms with van der Waals surface area (Å²) in [6.45, 7) is 6.75. The quantitative estimate of drug-likeness (QED) is 0.370. The topological polar surface area (TPSA) is 89.1 Å². The van der Waals surface area contributed by atoms with Gasteiger partial charge in [-0.05, 0) is 49.6 Å². The van der Waals surface area contributed by atoms with Crippen molar-refractivity contribution in [3.63, 3.8) is 0 Å². The van der Waals surface area contributed by atoms with Crippen molar-refractivity contribution in [2.75, 3.05) is 7.11 Å². The van der Waals surface area contributed by atoms with Gasteiger partial charge in [0.1, 0.15) is 5.75 Å². The van der Waals surface area contributed by atoms with Crippen molar-refractivity contribution < 1.29 is 14.6 Å². The number of hydrogen-bond donors (Lipinski definition) is 1. The third kappa shape index (κ3) is 4.06. The molecule has 164 valence electrons. The van der Waals surface area contributed by atoms with E-state index in [4.69, 9.17) is 4.74 Å². The molecule has 0 aliphatic rings. The summed E-state index contributed by atoms with van der Waals surface area (Å²) in [6, 6.07) is 14.7. The van der Waals surface area contributed by atoms with Gasteiger partial charge in [-0.1, -0.05) is 32.0 Å². The molecule has 2 heterocycles. The number of pyridine rings is 1. The number of aryl methyl sites for hydroxylation is 2. The fourth-order valence-electron chi connectivity index (χ4n) is 3.77. The molecule has 0 aliphatic carbocycles. The van der Waals surface area contributed by atoms with E-state index in [0.29, 0.717) is 46.1 Å². The minimum atomic E-state index is -0.507. The number of hydrogen-bond acceptors (Lipinski definition) is 5. The van der Waals surface area contributed by atoms with Gasteiger partial charge < -0.3 is 14.4 Å². The fraction of sp³-hybridized carbons (Fsp3) is 0.280. The Balaban J connectivity index is 1.76. The van der Waals surface area contributed by atoms with Crippen LogP contribution in [0.15, 0.2) is 58.8 Å². The predicted octanol–water partition coefficient (Wildman–Crippen LogP) is 6.18. The smallest absolute Gasteiger partial charge is 0.296 e. The van der Waals surface area contributed by atoms with Gasteiger partial charge in [0.25, 0.3) is 5.91 Å². The van der Waals surface area contributed by atoms with Crippen molar-refractivity contribution >= 4 is 33.4 Å². The third-order valence-electron chi connectivity index (χ3n) is 5.46. The van der Waals surface area contributed by atoms with E-state index in [9.17, 15) is 9.90 Å². The van der Waals surface area contributed by atoms with Gasteiger partial charge in [-0.3, -0.25) is 9.78 Å². The number of methoxy groups -OCH3 is 1. The lowest BCUT2D eigenvalue weighted by Gasteiger charge is -2.08. The van der Waals surface area contributed by atoms with E-state index in [0.717, 1.165) is 17.3 Å². The van der Waals surface area contributed by atoms with Crippen LogP contribution in [0.4, 0.5) is 5.69 Å². The molecule has 0 unspecified atom stereocenters. The summed E-state index contributed by atoms with van der Waals surface area (Å²) in [5.74, 6) is 0.621. The van der Waals surface area contributed by atoms with E-state index in [1.807, 2.05) is 41.8 Å². The van der Waals surface area contributed by atoms with Crippen LogP contribution in [0.2, 0.25) is 0 Å². The number of amides is 1. The van der Waals surface area contributed by atoms with Gasteiger partial charge >= 0.3 is 0 Å². The Bertz CT molecular complexity index is 1340. The number of azo groups is 1. The minimum absolute atomic E-state index is 0.0147. The molecule has 1 N–H and O–H groups in total. The maximum absolute atomic E-state index is 13.0. The zero-order chi connectivity index (χ0) is 22.8. The maximum atomic E-state index is 13.0. The lowest BCUT2D eigenvalue weighted by Crippen LogP contribution is -2.00. The lowest BCUT2D eigenvalue weighted by molar-refractivity contribution is 0.0996. The van der Waals surface area contributed by atoms with Crippen LogP contribution >= 0.6 is 0 Å². The van der Waals surface area contributed by atoms with Gasteiger partial charge in [0, 0.05) is 23.0 Å². The summed E-state index contributed by atoms with van der Waals surface area (Å²) in [5, 5.41) is 20.4. The Morgan fingerprint density at radius 1 is 1.16 bits per heavy atom. The molecule has 7 heteroatoms. The molecule has 0 bridgehead atoms. The molecule has 2 aromatic carbocycles. The highest BCUT2D eigenvalue weighted by molar-refractivity contribution is 6.07. The van der Waals surface area contributed by atoms with E-state index >= 15 is 0 Å². The first-order valence-electron chi connectivity index (χ1n) is 10.6. The summed E-state index contributed by atoms with van der Waals surface area (Å²) in [4.78, 5) is 17.5. The van der Waals surface area contributed by atoms with E-state index < -0.39 is 5.91 Å². The number of para-hydroxylation sites is 1. The van der Waals surface area contributed by atoms with Crippen LogP contribution in [0, 0.1) is 12.8 Å². The summed E-state index contributed by atoms with van der Waals surface area (Å²) >= 11 is 0. The first-order valence-corrected chi connectivity index (χ1v) is 10.6. The standard InChI is InChI=1S/C25H26N4O3/c1-15(2)11-12-29-22-8-6-5-7-18(22)23(25(29)31)27-28-24(30)20-13-16(3)26-21-10-9-17(32-4)14-19(20)21/h5-10,13-15,31H,11-12H2,1-4H3. The molecule has 7 nitrogen and oxygen atoms in total. The Kier molecular flexibility index (Phi) is 5.90. The molecule has 0 spiro atoms. The summed E-state index contributed by atoms with van der Waals surface area (Å²) in [7, 11) is 1.57. The number of aromatic nitrogens is 2. The van der Waals surface area contributed by atoms with Gasteiger partial charge in [-0.2, -0.15) is 0 Å². The van der Waals surface area contributed by atoms with Crippen LogP contribution in [0.1, 0.15) is 36.3 Å².